The number of hydrogen-bond donors (Lipinski definition) is 1. The minimum atomic E-state index is -3.66. The first-order chi connectivity index (χ1) is 14.3. The molecule has 1 saturated heterocycles. The van der Waals surface area contributed by atoms with Crippen LogP contribution in [-0.2, 0) is 24.3 Å². The summed E-state index contributed by atoms with van der Waals surface area (Å²) in [7, 11) is -3.66. The predicted octanol–water partition coefficient (Wildman–Crippen LogP) is 2.19. The minimum Gasteiger partial charge on any atom is -0.452 e. The summed E-state index contributed by atoms with van der Waals surface area (Å²) < 4.78 is 45.0. The number of rotatable bonds is 6. The van der Waals surface area contributed by atoms with Crippen molar-refractivity contribution in [3.8, 4) is 0 Å². The van der Waals surface area contributed by atoms with Gasteiger partial charge in [-0.3, -0.25) is 14.6 Å². The third kappa shape index (κ3) is 5.19. The molecule has 2 heterocycles. The molecule has 30 heavy (non-hydrogen) atoms. The van der Waals surface area contributed by atoms with E-state index in [2.05, 4.69) is 10.3 Å². The van der Waals surface area contributed by atoms with Crippen molar-refractivity contribution in [2.24, 2.45) is 5.92 Å². The molecule has 8 nitrogen and oxygen atoms in total. The predicted molar refractivity (Wildman–Crippen MR) is 106 cm³/mol. The lowest BCUT2D eigenvalue weighted by Gasteiger charge is -2.30. The maximum absolute atomic E-state index is 13.2. The van der Waals surface area contributed by atoms with E-state index < -0.39 is 39.7 Å². The Bertz CT molecular complexity index is 1010. The summed E-state index contributed by atoms with van der Waals surface area (Å²) in [5.41, 5.74) is 0.261. The van der Waals surface area contributed by atoms with Crippen molar-refractivity contribution in [1.29, 1.82) is 0 Å². The van der Waals surface area contributed by atoms with Gasteiger partial charge in [-0.2, -0.15) is 4.31 Å². The van der Waals surface area contributed by atoms with Crippen molar-refractivity contribution in [3.05, 3.63) is 54.6 Å². The molecule has 10 heteroatoms. The van der Waals surface area contributed by atoms with E-state index >= 15 is 0 Å². The summed E-state index contributed by atoms with van der Waals surface area (Å²) in [5.74, 6) is -2.14. The van der Waals surface area contributed by atoms with E-state index in [4.69, 9.17) is 4.74 Å². The number of hydrogen-bond acceptors (Lipinski definition) is 6. The molecule has 1 unspecified atom stereocenters. The molecular formula is C20H22FN3O5S. The van der Waals surface area contributed by atoms with Gasteiger partial charge in [-0.15, -0.1) is 0 Å². The number of halogens is 1. The average Bonchev–Trinajstić information content (AvgIpc) is 2.74. The van der Waals surface area contributed by atoms with Gasteiger partial charge in [-0.25, -0.2) is 12.8 Å². The first-order valence-electron chi connectivity index (χ1n) is 9.44. The van der Waals surface area contributed by atoms with Crippen LogP contribution in [0.15, 0.2) is 53.7 Å². The van der Waals surface area contributed by atoms with E-state index in [0.717, 1.165) is 6.07 Å². The number of amides is 1. The summed E-state index contributed by atoms with van der Waals surface area (Å²) >= 11 is 0. The van der Waals surface area contributed by atoms with Crippen LogP contribution in [0.1, 0.15) is 19.8 Å². The third-order valence-electron chi connectivity index (χ3n) is 4.81. The van der Waals surface area contributed by atoms with Crippen molar-refractivity contribution >= 4 is 27.6 Å². The lowest BCUT2D eigenvalue weighted by molar-refractivity contribution is -0.158. The third-order valence-corrected chi connectivity index (χ3v) is 6.70. The van der Waals surface area contributed by atoms with Crippen molar-refractivity contribution < 1.29 is 27.1 Å². The Labute approximate surface area is 174 Å². The molecular weight excluding hydrogens is 413 g/mol. The van der Waals surface area contributed by atoms with E-state index in [9.17, 15) is 22.4 Å². The summed E-state index contributed by atoms with van der Waals surface area (Å²) in [6.45, 7) is 1.76. The maximum atomic E-state index is 13.2. The monoisotopic (exact) mass is 435 g/mol. The fourth-order valence-electron chi connectivity index (χ4n) is 3.11. The van der Waals surface area contributed by atoms with Crippen LogP contribution in [0.5, 0.6) is 0 Å². The largest absolute Gasteiger partial charge is 0.452 e. The van der Waals surface area contributed by atoms with Gasteiger partial charge in [0.25, 0.3) is 5.91 Å². The number of nitrogens with one attached hydrogen (secondary N) is 1. The summed E-state index contributed by atoms with van der Waals surface area (Å²) in [6, 6.07) is 8.41. The topological polar surface area (TPSA) is 106 Å². The molecule has 0 saturated carbocycles. The van der Waals surface area contributed by atoms with Crippen LogP contribution in [0.2, 0.25) is 0 Å². The number of carbonyl (C=O) groups is 2. The normalized spacial score (nSPS) is 16.6. The molecule has 1 atom stereocenters. The summed E-state index contributed by atoms with van der Waals surface area (Å²) in [5, 5.41) is 2.49. The van der Waals surface area contributed by atoms with Crippen LogP contribution in [0.4, 0.5) is 10.1 Å². The number of sulfonamides is 1. The van der Waals surface area contributed by atoms with E-state index in [1.54, 1.807) is 6.07 Å². The van der Waals surface area contributed by atoms with Crippen molar-refractivity contribution in [3.63, 3.8) is 0 Å². The van der Waals surface area contributed by atoms with E-state index in [-0.39, 0.29) is 36.5 Å². The van der Waals surface area contributed by atoms with Gasteiger partial charge in [0.1, 0.15) is 10.7 Å². The number of carbonyl (C=O) groups excluding carboxylic acids is 2. The molecule has 2 aromatic rings. The Morgan fingerprint density at radius 3 is 2.60 bits per heavy atom. The number of anilines is 1. The number of nitrogens with zero attached hydrogens (tertiary/aromatic N) is 2. The maximum Gasteiger partial charge on any atom is 0.309 e. The lowest BCUT2D eigenvalue weighted by atomic mass is 9.98. The standard InChI is InChI=1S/C20H22FN3O5S/c1-14(19(25)23-17-5-2-4-16(21)12-17)29-20(26)15-7-10-24(11-8-15)30(27,28)18-6-3-9-22-13-18/h2-6,9,12-15H,7-8,10-11H2,1H3,(H,23,25). The fraction of sp³-hybridized carbons (Fsp3) is 0.350. The summed E-state index contributed by atoms with van der Waals surface area (Å²) in [6.07, 6.45) is 2.28. The van der Waals surface area contributed by atoms with Gasteiger partial charge in [0.15, 0.2) is 6.10 Å². The van der Waals surface area contributed by atoms with Gasteiger partial charge in [0.2, 0.25) is 10.0 Å². The Morgan fingerprint density at radius 1 is 1.23 bits per heavy atom. The molecule has 1 fully saturated rings. The van der Waals surface area contributed by atoms with Crippen molar-refractivity contribution in [2.45, 2.75) is 30.8 Å². The van der Waals surface area contributed by atoms with Gasteiger partial charge in [0, 0.05) is 31.2 Å². The molecule has 1 aromatic carbocycles. The molecule has 1 aliphatic rings. The molecule has 0 spiro atoms. The highest BCUT2D eigenvalue weighted by Crippen LogP contribution is 2.24. The zero-order chi connectivity index (χ0) is 21.7. The molecule has 0 bridgehead atoms. The number of pyridine rings is 1. The molecule has 3 rings (SSSR count). The molecule has 160 valence electrons. The van der Waals surface area contributed by atoms with Crippen LogP contribution >= 0.6 is 0 Å². The highest BCUT2D eigenvalue weighted by Gasteiger charge is 2.34. The molecule has 1 aromatic heterocycles. The Morgan fingerprint density at radius 2 is 1.97 bits per heavy atom. The van der Waals surface area contributed by atoms with E-state index in [1.165, 1.54) is 47.9 Å². The number of aromatic nitrogens is 1. The van der Waals surface area contributed by atoms with Crippen LogP contribution < -0.4 is 5.32 Å². The average molecular weight is 435 g/mol. The van der Waals surface area contributed by atoms with Crippen molar-refractivity contribution in [2.75, 3.05) is 18.4 Å². The van der Waals surface area contributed by atoms with Gasteiger partial charge in [-0.1, -0.05) is 6.07 Å². The van der Waals surface area contributed by atoms with Crippen LogP contribution in [0, 0.1) is 11.7 Å². The fourth-order valence-corrected chi connectivity index (χ4v) is 4.55. The number of piperidine rings is 1. The lowest BCUT2D eigenvalue weighted by Crippen LogP contribution is -2.41. The summed E-state index contributed by atoms with van der Waals surface area (Å²) in [4.78, 5) is 28.5. The van der Waals surface area contributed by atoms with Crippen LogP contribution in [-0.4, -0.2) is 48.8 Å². The molecule has 0 radical (unpaired) electrons. The Kier molecular flexibility index (Phi) is 6.78. The minimum absolute atomic E-state index is 0.105. The van der Waals surface area contributed by atoms with Gasteiger partial charge < -0.3 is 10.1 Å². The first kappa shape index (κ1) is 21.8. The molecule has 1 N–H and O–H groups in total. The van der Waals surface area contributed by atoms with Crippen LogP contribution in [0.3, 0.4) is 0 Å². The molecule has 1 aliphatic heterocycles. The zero-order valence-corrected chi connectivity index (χ0v) is 17.1. The first-order valence-corrected chi connectivity index (χ1v) is 10.9. The molecule has 0 aliphatic carbocycles. The Balaban J connectivity index is 1.52. The second-order valence-corrected chi connectivity index (χ2v) is 8.88. The second-order valence-electron chi connectivity index (χ2n) is 6.95. The van der Waals surface area contributed by atoms with E-state index in [0.29, 0.717) is 0 Å². The van der Waals surface area contributed by atoms with Gasteiger partial charge in [-0.05, 0) is 50.1 Å². The van der Waals surface area contributed by atoms with Gasteiger partial charge >= 0.3 is 5.97 Å². The van der Waals surface area contributed by atoms with Crippen molar-refractivity contribution in [1.82, 2.24) is 9.29 Å². The van der Waals surface area contributed by atoms with E-state index in [1.807, 2.05) is 0 Å². The SMILES string of the molecule is CC(OC(=O)C1CCN(S(=O)(=O)c2cccnc2)CC1)C(=O)Nc1cccc(F)c1. The highest BCUT2D eigenvalue weighted by atomic mass is 32.2. The number of esters is 1. The Hall–Kier alpha value is -2.85. The van der Waals surface area contributed by atoms with Gasteiger partial charge in [0.05, 0.1) is 5.92 Å². The van der Waals surface area contributed by atoms with Crippen LogP contribution in [0.25, 0.3) is 0 Å². The molecule has 1 amide bonds. The quantitative estimate of drug-likeness (QED) is 0.698. The second kappa shape index (κ2) is 9.31. The highest BCUT2D eigenvalue weighted by molar-refractivity contribution is 7.89. The number of ether oxygens (including phenoxy) is 1. The zero-order valence-electron chi connectivity index (χ0n) is 16.3. The number of benzene rings is 1. The smallest absolute Gasteiger partial charge is 0.309 e.